The summed E-state index contributed by atoms with van der Waals surface area (Å²) in [5.41, 5.74) is 0.0623. The zero-order valence-electron chi connectivity index (χ0n) is 28.2. The highest BCUT2D eigenvalue weighted by Crippen LogP contribution is 2.68. The van der Waals surface area contributed by atoms with Gasteiger partial charge in [-0.05, 0) is 87.5 Å². The third-order valence-electron chi connectivity index (χ3n) is 10.2. The SMILES string of the molecule is CC(C)=CCC/C(C)=C/Cc1c(O)c(CC=C(C)C)c2c(c1O)C(=O)C1=CC3CC4C(C)(C)OC(C/C=C(\C)C(=O)O)(C3=O)[C@@]14O2. The van der Waals surface area contributed by atoms with Gasteiger partial charge in [-0.3, -0.25) is 9.59 Å². The van der Waals surface area contributed by atoms with E-state index >= 15 is 0 Å². The molecule has 2 heterocycles. The molecule has 246 valence electrons. The van der Waals surface area contributed by atoms with Crippen molar-refractivity contribution in [3.8, 4) is 17.2 Å². The molecule has 1 spiro atoms. The summed E-state index contributed by atoms with van der Waals surface area (Å²) in [6.07, 6.45) is 11.6. The van der Waals surface area contributed by atoms with Gasteiger partial charge in [-0.25, -0.2) is 4.79 Å². The largest absolute Gasteiger partial charge is 0.507 e. The molecule has 46 heavy (non-hydrogen) atoms. The number of carbonyl (C=O) groups is 3. The van der Waals surface area contributed by atoms with Crippen molar-refractivity contribution >= 4 is 17.5 Å². The van der Waals surface area contributed by atoms with E-state index in [1.807, 2.05) is 46.8 Å². The van der Waals surface area contributed by atoms with Crippen LogP contribution in [0.4, 0.5) is 0 Å². The number of Topliss-reactive ketones (excluding diaryl/α,β-unsaturated/α-hetero) is 2. The quantitative estimate of drug-likeness (QED) is 0.182. The van der Waals surface area contributed by atoms with Crippen LogP contribution in [0.1, 0.15) is 103 Å². The number of carboxylic acid groups (broad SMARTS) is 1. The third-order valence-corrected chi connectivity index (χ3v) is 10.2. The number of fused-ring (bicyclic) bond motifs is 1. The van der Waals surface area contributed by atoms with Gasteiger partial charge in [0, 0.05) is 40.5 Å². The molecule has 8 heteroatoms. The molecule has 0 radical (unpaired) electrons. The molecule has 2 aliphatic heterocycles. The second-order valence-electron chi connectivity index (χ2n) is 14.4. The number of phenolic OH excluding ortho intramolecular Hbond substituents is 2. The van der Waals surface area contributed by atoms with Crippen LogP contribution in [-0.2, 0) is 27.2 Å². The van der Waals surface area contributed by atoms with Crippen LogP contribution in [-0.4, -0.2) is 49.7 Å². The maximum Gasteiger partial charge on any atom is 0.330 e. The van der Waals surface area contributed by atoms with E-state index in [0.717, 1.165) is 24.0 Å². The summed E-state index contributed by atoms with van der Waals surface area (Å²) in [5.74, 6) is -3.33. The van der Waals surface area contributed by atoms with E-state index in [1.165, 1.54) is 18.6 Å². The van der Waals surface area contributed by atoms with Crippen molar-refractivity contribution in [1.82, 2.24) is 0 Å². The van der Waals surface area contributed by atoms with Crippen LogP contribution < -0.4 is 4.74 Å². The summed E-state index contributed by atoms with van der Waals surface area (Å²) < 4.78 is 13.6. The van der Waals surface area contributed by atoms with Crippen molar-refractivity contribution in [2.45, 2.75) is 111 Å². The Kier molecular flexibility index (Phi) is 8.52. The van der Waals surface area contributed by atoms with Crippen LogP contribution in [0.3, 0.4) is 0 Å². The number of ketones is 2. The summed E-state index contributed by atoms with van der Waals surface area (Å²) in [4.78, 5) is 40.6. The Bertz CT molecular complexity index is 1670. The maximum absolute atomic E-state index is 14.7. The molecule has 3 unspecified atom stereocenters. The minimum absolute atomic E-state index is 0.0259. The molecule has 4 atom stereocenters. The zero-order chi connectivity index (χ0) is 33.9. The molecule has 8 nitrogen and oxygen atoms in total. The molecule has 0 amide bonds. The number of rotatable bonds is 10. The summed E-state index contributed by atoms with van der Waals surface area (Å²) in [6, 6.07) is 0. The molecular formula is C38H46O8. The molecule has 3 aliphatic carbocycles. The first-order valence-corrected chi connectivity index (χ1v) is 16.1. The summed E-state index contributed by atoms with van der Waals surface area (Å²) in [6.45, 7) is 15.2. The summed E-state index contributed by atoms with van der Waals surface area (Å²) in [7, 11) is 0. The molecule has 4 bridgehead atoms. The highest BCUT2D eigenvalue weighted by molar-refractivity contribution is 6.18. The minimum Gasteiger partial charge on any atom is -0.507 e. The van der Waals surface area contributed by atoms with Crippen molar-refractivity contribution in [2.75, 3.05) is 0 Å². The first kappa shape index (κ1) is 33.5. The standard InChI is InChI=1S/C38H46O8/c1-20(2)10-9-11-22(5)13-15-25-30(39)26(14-12-21(3)4)33-29(31(25)40)32(41)27-18-24-19-28-36(7,8)46-37(34(24)42,38(27,28)45-33)17-16-23(6)35(43)44/h10,12-13,16,18,24,28,39-40H,9,11,14-15,17,19H2,1-8H3,(H,43,44)/b22-13+,23-16+/t24?,28?,37?,38-/m1/s1. The molecule has 3 N–H and O–H groups in total. The van der Waals surface area contributed by atoms with Gasteiger partial charge in [-0.15, -0.1) is 0 Å². The average molecular weight is 631 g/mol. The maximum atomic E-state index is 14.7. The van der Waals surface area contributed by atoms with Gasteiger partial charge in [-0.2, -0.15) is 0 Å². The zero-order valence-corrected chi connectivity index (χ0v) is 28.2. The molecule has 5 aliphatic rings. The molecule has 6 rings (SSSR count). The lowest BCUT2D eigenvalue weighted by Crippen LogP contribution is -2.72. The van der Waals surface area contributed by atoms with Crippen molar-refractivity contribution in [3.05, 3.63) is 74.9 Å². The fraction of sp³-hybridized carbons (Fsp3) is 0.500. The van der Waals surface area contributed by atoms with Gasteiger partial charge in [0.2, 0.25) is 0 Å². The normalized spacial score (nSPS) is 27.4. The number of hydrogen-bond acceptors (Lipinski definition) is 7. The Morgan fingerprint density at radius 1 is 0.935 bits per heavy atom. The number of hydrogen-bond donors (Lipinski definition) is 3. The van der Waals surface area contributed by atoms with Gasteiger partial charge >= 0.3 is 5.97 Å². The monoisotopic (exact) mass is 630 g/mol. The Morgan fingerprint density at radius 2 is 1.59 bits per heavy atom. The predicted octanol–water partition coefficient (Wildman–Crippen LogP) is 7.27. The topological polar surface area (TPSA) is 130 Å². The van der Waals surface area contributed by atoms with Gasteiger partial charge in [0.15, 0.2) is 22.8 Å². The number of allylic oxidation sites excluding steroid dienone is 7. The summed E-state index contributed by atoms with van der Waals surface area (Å²) in [5, 5.41) is 33.0. The van der Waals surface area contributed by atoms with Crippen LogP contribution >= 0.6 is 0 Å². The second-order valence-corrected chi connectivity index (χ2v) is 14.4. The van der Waals surface area contributed by atoms with E-state index in [1.54, 1.807) is 6.08 Å². The molecular weight excluding hydrogens is 584 g/mol. The van der Waals surface area contributed by atoms with Gasteiger partial charge in [0.25, 0.3) is 0 Å². The van der Waals surface area contributed by atoms with E-state index in [0.29, 0.717) is 12.0 Å². The third kappa shape index (κ3) is 5.05. The van der Waals surface area contributed by atoms with Crippen molar-refractivity contribution < 1.29 is 39.2 Å². The molecule has 1 saturated heterocycles. The number of ether oxygens (including phenoxy) is 2. The minimum atomic E-state index is -1.67. The molecule has 1 aromatic rings. The molecule has 0 aromatic heterocycles. The Labute approximate surface area is 271 Å². The second kappa shape index (κ2) is 11.7. The number of carboxylic acids is 1. The van der Waals surface area contributed by atoms with E-state index in [-0.39, 0.29) is 64.6 Å². The Hall–Kier alpha value is -3.91. The first-order chi connectivity index (χ1) is 21.5. The van der Waals surface area contributed by atoms with E-state index < -0.39 is 40.4 Å². The Morgan fingerprint density at radius 3 is 2.22 bits per heavy atom. The molecule has 2 fully saturated rings. The fourth-order valence-electron chi connectivity index (χ4n) is 7.80. The van der Waals surface area contributed by atoms with Gasteiger partial charge < -0.3 is 24.8 Å². The first-order valence-electron chi connectivity index (χ1n) is 16.1. The Balaban J connectivity index is 1.71. The van der Waals surface area contributed by atoms with E-state index in [4.69, 9.17) is 9.47 Å². The van der Waals surface area contributed by atoms with Crippen LogP contribution in [0.5, 0.6) is 17.2 Å². The van der Waals surface area contributed by atoms with Gasteiger partial charge in [0.1, 0.15) is 22.8 Å². The predicted molar refractivity (Wildman–Crippen MR) is 175 cm³/mol. The van der Waals surface area contributed by atoms with Crippen LogP contribution in [0.25, 0.3) is 0 Å². The lowest BCUT2D eigenvalue weighted by atomic mass is 9.51. The van der Waals surface area contributed by atoms with Crippen molar-refractivity contribution in [3.63, 3.8) is 0 Å². The smallest absolute Gasteiger partial charge is 0.330 e. The van der Waals surface area contributed by atoms with Crippen LogP contribution in [0.15, 0.2) is 58.2 Å². The number of aliphatic carboxylic acids is 1. The number of carbonyl (C=O) groups excluding carboxylic acids is 2. The lowest BCUT2D eigenvalue weighted by Gasteiger charge is -2.56. The van der Waals surface area contributed by atoms with Gasteiger partial charge in [0.05, 0.1) is 5.60 Å². The number of benzene rings is 1. The van der Waals surface area contributed by atoms with Crippen molar-refractivity contribution in [2.24, 2.45) is 11.8 Å². The number of phenols is 2. The van der Waals surface area contributed by atoms with Crippen molar-refractivity contribution in [1.29, 1.82) is 0 Å². The van der Waals surface area contributed by atoms with Crippen LogP contribution in [0, 0.1) is 11.8 Å². The molecule has 1 saturated carbocycles. The van der Waals surface area contributed by atoms with Crippen LogP contribution in [0.2, 0.25) is 0 Å². The van der Waals surface area contributed by atoms with E-state index in [2.05, 4.69) is 19.9 Å². The summed E-state index contributed by atoms with van der Waals surface area (Å²) >= 11 is 0. The highest BCUT2D eigenvalue weighted by atomic mass is 16.6. The lowest BCUT2D eigenvalue weighted by molar-refractivity contribution is -0.171. The van der Waals surface area contributed by atoms with E-state index in [9.17, 15) is 29.7 Å². The average Bonchev–Trinajstić information content (AvgIpc) is 3.12. The van der Waals surface area contributed by atoms with Gasteiger partial charge in [-0.1, -0.05) is 47.1 Å². The fourth-order valence-corrected chi connectivity index (χ4v) is 7.80. The molecule has 1 aromatic carbocycles. The number of aromatic hydroxyl groups is 2. The highest BCUT2D eigenvalue weighted by Gasteiger charge is 2.81.